The van der Waals surface area contributed by atoms with Gasteiger partial charge in [-0.3, -0.25) is 9.88 Å². The zero-order valence-corrected chi connectivity index (χ0v) is 12.1. The van der Waals surface area contributed by atoms with Crippen LogP contribution in [-0.4, -0.2) is 32.7 Å². The van der Waals surface area contributed by atoms with E-state index in [1.807, 2.05) is 4.90 Å². The van der Waals surface area contributed by atoms with Gasteiger partial charge in [0.1, 0.15) is 12.4 Å². The van der Waals surface area contributed by atoms with E-state index < -0.39 is 12.7 Å². The van der Waals surface area contributed by atoms with E-state index in [0.717, 1.165) is 10.1 Å². The van der Waals surface area contributed by atoms with Gasteiger partial charge in [-0.15, -0.1) is 0 Å². The Bertz CT molecular complexity index is 597. The Morgan fingerprint density at radius 2 is 2.05 bits per heavy atom. The molecule has 4 nitrogen and oxygen atoms in total. The lowest BCUT2D eigenvalue weighted by Crippen LogP contribution is -2.24. The highest BCUT2D eigenvalue weighted by molar-refractivity contribution is 6.31. The topological polar surface area (TPSA) is 34.0 Å². The molecule has 0 radical (unpaired) electrons. The van der Waals surface area contributed by atoms with Crippen LogP contribution in [-0.2, 0) is 19.6 Å². The van der Waals surface area contributed by atoms with Gasteiger partial charge >= 0.3 is 6.18 Å². The van der Waals surface area contributed by atoms with Gasteiger partial charge < -0.3 is 4.57 Å². The Hall–Kier alpha value is -1.60. The van der Waals surface area contributed by atoms with E-state index in [2.05, 4.69) is 9.97 Å². The van der Waals surface area contributed by atoms with Gasteiger partial charge in [-0.25, -0.2) is 4.98 Å². The van der Waals surface area contributed by atoms with E-state index in [1.165, 1.54) is 18.6 Å². The van der Waals surface area contributed by atoms with Crippen LogP contribution in [0, 0.1) is 0 Å². The van der Waals surface area contributed by atoms with Crippen molar-refractivity contribution in [3.05, 3.63) is 47.3 Å². The molecule has 2 heterocycles. The van der Waals surface area contributed by atoms with Crippen LogP contribution in [0.25, 0.3) is 0 Å². The molecule has 21 heavy (non-hydrogen) atoms. The van der Waals surface area contributed by atoms with E-state index in [4.69, 9.17) is 11.6 Å². The minimum atomic E-state index is -4.26. The fraction of sp³-hybridized carbons (Fsp3) is 0.385. The second kappa shape index (κ2) is 6.44. The highest BCUT2D eigenvalue weighted by Gasteiger charge is 2.28. The Kier molecular flexibility index (Phi) is 4.84. The highest BCUT2D eigenvalue weighted by atomic mass is 35.5. The van der Waals surface area contributed by atoms with Crippen molar-refractivity contribution in [2.24, 2.45) is 0 Å². The molecular weight excluding hydrogens is 305 g/mol. The Morgan fingerprint density at radius 1 is 1.29 bits per heavy atom. The molecule has 0 aliphatic heterocycles. The quantitative estimate of drug-likeness (QED) is 0.849. The first kappa shape index (κ1) is 15.8. The molecule has 0 saturated carbocycles. The molecule has 0 fully saturated rings. The number of alkyl halides is 3. The lowest BCUT2D eigenvalue weighted by molar-refractivity contribution is -0.141. The summed E-state index contributed by atoms with van der Waals surface area (Å²) >= 11 is 6.01. The van der Waals surface area contributed by atoms with E-state index in [0.29, 0.717) is 23.9 Å². The van der Waals surface area contributed by atoms with Crippen LogP contribution in [0.15, 0.2) is 30.9 Å². The standard InChI is InChI=1S/C13H14ClF3N4/c1-20(7-10-2-3-18-6-11(10)14)8-12-19-4-5-21(12)9-13(15,16)17/h2-6H,7-9H2,1H3. The molecular formula is C13H14ClF3N4. The summed E-state index contributed by atoms with van der Waals surface area (Å²) < 4.78 is 38.5. The first-order valence-electron chi connectivity index (χ1n) is 6.19. The average Bonchev–Trinajstić information content (AvgIpc) is 2.77. The number of halogens is 4. The van der Waals surface area contributed by atoms with Gasteiger partial charge in [-0.2, -0.15) is 13.2 Å². The number of hydrogen-bond acceptors (Lipinski definition) is 3. The fourth-order valence-electron chi connectivity index (χ4n) is 1.95. The number of aromatic nitrogens is 3. The molecule has 0 spiro atoms. The summed E-state index contributed by atoms with van der Waals surface area (Å²) in [6.07, 6.45) is 1.60. The summed E-state index contributed by atoms with van der Waals surface area (Å²) in [4.78, 5) is 9.71. The van der Waals surface area contributed by atoms with E-state index in [-0.39, 0.29) is 0 Å². The van der Waals surface area contributed by atoms with Crippen molar-refractivity contribution in [1.29, 1.82) is 0 Å². The zero-order valence-electron chi connectivity index (χ0n) is 11.3. The van der Waals surface area contributed by atoms with Gasteiger partial charge in [0.2, 0.25) is 0 Å². The molecule has 8 heteroatoms. The van der Waals surface area contributed by atoms with Crippen molar-refractivity contribution in [2.75, 3.05) is 7.05 Å². The number of imidazole rings is 1. The summed E-state index contributed by atoms with van der Waals surface area (Å²) in [5.74, 6) is 0.361. The molecule has 0 bridgehead atoms. The molecule has 2 aromatic heterocycles. The second-order valence-corrected chi connectivity index (χ2v) is 5.13. The third kappa shape index (κ3) is 4.71. The molecule has 2 aromatic rings. The van der Waals surface area contributed by atoms with E-state index >= 15 is 0 Å². The van der Waals surface area contributed by atoms with Crippen LogP contribution in [0.4, 0.5) is 13.2 Å². The lowest BCUT2D eigenvalue weighted by atomic mass is 10.2. The van der Waals surface area contributed by atoms with Crippen molar-refractivity contribution in [1.82, 2.24) is 19.4 Å². The largest absolute Gasteiger partial charge is 0.406 e. The SMILES string of the molecule is CN(Cc1ccncc1Cl)Cc1nccn1CC(F)(F)F. The fourth-order valence-corrected chi connectivity index (χ4v) is 2.13. The molecule has 0 N–H and O–H groups in total. The van der Waals surface area contributed by atoms with Gasteiger partial charge in [0.15, 0.2) is 0 Å². The highest BCUT2D eigenvalue weighted by Crippen LogP contribution is 2.19. The second-order valence-electron chi connectivity index (χ2n) is 4.73. The Labute approximate surface area is 125 Å². The Morgan fingerprint density at radius 3 is 2.71 bits per heavy atom. The van der Waals surface area contributed by atoms with Crippen LogP contribution in [0.5, 0.6) is 0 Å². The normalized spacial score (nSPS) is 12.1. The maximum atomic E-state index is 12.4. The molecule has 0 amide bonds. The number of nitrogens with zero attached hydrogens (tertiary/aromatic N) is 4. The van der Waals surface area contributed by atoms with Gasteiger partial charge in [-0.05, 0) is 18.7 Å². The molecule has 0 aliphatic rings. The number of pyridine rings is 1. The zero-order chi connectivity index (χ0) is 15.5. The van der Waals surface area contributed by atoms with Crippen LogP contribution < -0.4 is 0 Å². The van der Waals surface area contributed by atoms with Crippen LogP contribution in [0.1, 0.15) is 11.4 Å². The van der Waals surface area contributed by atoms with E-state index in [1.54, 1.807) is 19.3 Å². The molecule has 0 saturated heterocycles. The van der Waals surface area contributed by atoms with Gasteiger partial charge in [-0.1, -0.05) is 11.6 Å². The van der Waals surface area contributed by atoms with Crippen molar-refractivity contribution >= 4 is 11.6 Å². The summed E-state index contributed by atoms with van der Waals surface area (Å²) in [7, 11) is 1.80. The number of rotatable bonds is 5. The van der Waals surface area contributed by atoms with Crippen molar-refractivity contribution in [2.45, 2.75) is 25.8 Å². The van der Waals surface area contributed by atoms with Crippen molar-refractivity contribution in [3.63, 3.8) is 0 Å². The minimum absolute atomic E-state index is 0.293. The molecule has 114 valence electrons. The maximum absolute atomic E-state index is 12.4. The third-order valence-corrected chi connectivity index (χ3v) is 3.20. The van der Waals surface area contributed by atoms with Crippen LogP contribution in [0.3, 0.4) is 0 Å². The maximum Gasteiger partial charge on any atom is 0.406 e. The van der Waals surface area contributed by atoms with Gasteiger partial charge in [0.05, 0.1) is 11.6 Å². The third-order valence-electron chi connectivity index (χ3n) is 2.86. The predicted molar refractivity (Wildman–Crippen MR) is 72.7 cm³/mol. The first-order chi connectivity index (χ1) is 9.85. The van der Waals surface area contributed by atoms with Gasteiger partial charge in [0, 0.05) is 31.3 Å². The average molecular weight is 319 g/mol. The minimum Gasteiger partial charge on any atom is -0.325 e. The monoisotopic (exact) mass is 318 g/mol. The molecule has 0 unspecified atom stereocenters. The predicted octanol–water partition coefficient (Wildman–Crippen LogP) is 3.13. The lowest BCUT2D eigenvalue weighted by Gasteiger charge is -2.18. The van der Waals surface area contributed by atoms with Gasteiger partial charge in [0.25, 0.3) is 0 Å². The molecule has 0 aromatic carbocycles. The smallest absolute Gasteiger partial charge is 0.325 e. The molecule has 2 rings (SSSR count). The molecule has 0 atom stereocenters. The number of hydrogen-bond donors (Lipinski definition) is 0. The van der Waals surface area contributed by atoms with Crippen molar-refractivity contribution < 1.29 is 13.2 Å². The Balaban J connectivity index is 2.02. The summed E-state index contributed by atoms with van der Waals surface area (Å²) in [5, 5.41) is 0.531. The van der Waals surface area contributed by atoms with Crippen LogP contribution in [0.2, 0.25) is 5.02 Å². The first-order valence-corrected chi connectivity index (χ1v) is 6.56. The molecule has 0 aliphatic carbocycles. The summed E-state index contributed by atoms with van der Waals surface area (Å²) in [5.41, 5.74) is 0.864. The van der Waals surface area contributed by atoms with Crippen LogP contribution >= 0.6 is 11.6 Å². The summed E-state index contributed by atoms with van der Waals surface area (Å²) in [6.45, 7) is -0.242. The van der Waals surface area contributed by atoms with Crippen molar-refractivity contribution in [3.8, 4) is 0 Å². The summed E-state index contributed by atoms with van der Waals surface area (Å²) in [6, 6.07) is 1.78. The van der Waals surface area contributed by atoms with E-state index in [9.17, 15) is 13.2 Å².